The molecule has 0 aromatic rings. The molecule has 1 atom stereocenters. The molecule has 0 aliphatic carbocycles. The molecule has 1 N–H and O–H groups in total. The van der Waals surface area contributed by atoms with E-state index < -0.39 is 0 Å². The van der Waals surface area contributed by atoms with Gasteiger partial charge in [-0.25, -0.2) is 0 Å². The zero-order valence-corrected chi connectivity index (χ0v) is 6.77. The van der Waals surface area contributed by atoms with Crippen LogP contribution in [0.3, 0.4) is 0 Å². The summed E-state index contributed by atoms with van der Waals surface area (Å²) in [6.07, 6.45) is 2.25. The average molecular weight is 157 g/mol. The lowest BCUT2D eigenvalue weighted by Crippen LogP contribution is -2.53. The monoisotopic (exact) mass is 157 g/mol. The fraction of sp³-hybridized carbons (Fsp3) is 1.00. The molecule has 0 aromatic heterocycles. The van der Waals surface area contributed by atoms with Crippen LogP contribution in [-0.2, 0) is 9.47 Å². The molecular formula is C8H15NO2. The van der Waals surface area contributed by atoms with Gasteiger partial charge in [0.1, 0.15) is 0 Å². The van der Waals surface area contributed by atoms with Crippen molar-refractivity contribution < 1.29 is 9.47 Å². The summed E-state index contributed by atoms with van der Waals surface area (Å²) in [5, 5.41) is 3.33. The number of ether oxygens (including phenoxy) is 2. The molecule has 0 bridgehead atoms. The van der Waals surface area contributed by atoms with E-state index in [0.29, 0.717) is 0 Å². The molecule has 2 rings (SSSR count). The predicted molar refractivity (Wildman–Crippen MR) is 41.6 cm³/mol. The summed E-state index contributed by atoms with van der Waals surface area (Å²) >= 11 is 0. The van der Waals surface area contributed by atoms with Crippen molar-refractivity contribution in [1.82, 2.24) is 5.32 Å². The van der Waals surface area contributed by atoms with E-state index in [-0.39, 0.29) is 5.60 Å². The molecule has 3 heteroatoms. The first-order valence-corrected chi connectivity index (χ1v) is 4.34. The van der Waals surface area contributed by atoms with E-state index in [0.717, 1.165) is 39.3 Å². The first-order chi connectivity index (χ1) is 5.41. The fourth-order valence-electron chi connectivity index (χ4n) is 1.64. The van der Waals surface area contributed by atoms with Gasteiger partial charge in [0.05, 0.1) is 18.8 Å². The SMILES string of the molecule is C1COCCC2(CCO2)CN1. The third-order valence-electron chi connectivity index (χ3n) is 2.54. The maximum atomic E-state index is 5.55. The largest absolute Gasteiger partial charge is 0.380 e. The zero-order valence-electron chi connectivity index (χ0n) is 6.77. The quantitative estimate of drug-likeness (QED) is 0.543. The van der Waals surface area contributed by atoms with Crippen molar-refractivity contribution in [1.29, 1.82) is 0 Å². The van der Waals surface area contributed by atoms with Crippen LogP contribution in [0.5, 0.6) is 0 Å². The van der Waals surface area contributed by atoms with Gasteiger partial charge in [0.15, 0.2) is 0 Å². The third kappa shape index (κ3) is 1.55. The molecule has 0 radical (unpaired) electrons. The Morgan fingerprint density at radius 1 is 1.09 bits per heavy atom. The highest BCUT2D eigenvalue weighted by molar-refractivity contribution is 4.90. The van der Waals surface area contributed by atoms with Crippen molar-refractivity contribution in [2.24, 2.45) is 0 Å². The molecule has 11 heavy (non-hydrogen) atoms. The first kappa shape index (κ1) is 7.53. The van der Waals surface area contributed by atoms with E-state index in [4.69, 9.17) is 9.47 Å². The van der Waals surface area contributed by atoms with Crippen molar-refractivity contribution in [2.75, 3.05) is 32.9 Å². The molecule has 1 spiro atoms. The predicted octanol–water partition coefficient (Wildman–Crippen LogP) is 0.155. The number of rotatable bonds is 0. The average Bonchev–Trinajstić information content (AvgIpc) is 1.82. The summed E-state index contributed by atoms with van der Waals surface area (Å²) < 4.78 is 10.9. The Bertz CT molecular complexity index is 124. The Morgan fingerprint density at radius 2 is 2.00 bits per heavy atom. The minimum Gasteiger partial charge on any atom is -0.380 e. The van der Waals surface area contributed by atoms with E-state index in [1.807, 2.05) is 0 Å². The zero-order chi connectivity index (χ0) is 7.57. The minimum absolute atomic E-state index is 0.139. The van der Waals surface area contributed by atoms with Gasteiger partial charge in [-0.1, -0.05) is 0 Å². The Morgan fingerprint density at radius 3 is 2.73 bits per heavy atom. The van der Waals surface area contributed by atoms with Gasteiger partial charge in [0.2, 0.25) is 0 Å². The first-order valence-electron chi connectivity index (χ1n) is 4.34. The maximum absolute atomic E-state index is 5.55. The summed E-state index contributed by atoms with van der Waals surface area (Å²) in [4.78, 5) is 0. The van der Waals surface area contributed by atoms with Gasteiger partial charge >= 0.3 is 0 Å². The molecule has 2 aliphatic heterocycles. The second-order valence-corrected chi connectivity index (χ2v) is 3.32. The lowest BCUT2D eigenvalue weighted by molar-refractivity contribution is -0.160. The van der Waals surface area contributed by atoms with Crippen molar-refractivity contribution in [3.05, 3.63) is 0 Å². The minimum atomic E-state index is 0.139. The summed E-state index contributed by atoms with van der Waals surface area (Å²) in [5.74, 6) is 0. The lowest BCUT2D eigenvalue weighted by Gasteiger charge is -2.43. The van der Waals surface area contributed by atoms with Gasteiger partial charge in [-0.15, -0.1) is 0 Å². The molecule has 64 valence electrons. The van der Waals surface area contributed by atoms with Crippen LogP contribution in [0.1, 0.15) is 12.8 Å². The Labute approximate surface area is 67.1 Å². The molecule has 2 fully saturated rings. The van der Waals surface area contributed by atoms with E-state index >= 15 is 0 Å². The lowest BCUT2D eigenvalue weighted by atomic mass is 9.91. The smallest absolute Gasteiger partial charge is 0.0850 e. The molecule has 2 aliphatic rings. The van der Waals surface area contributed by atoms with Crippen molar-refractivity contribution >= 4 is 0 Å². The fourth-order valence-corrected chi connectivity index (χ4v) is 1.64. The molecule has 1 unspecified atom stereocenters. The van der Waals surface area contributed by atoms with Crippen molar-refractivity contribution in [2.45, 2.75) is 18.4 Å². The van der Waals surface area contributed by atoms with Gasteiger partial charge < -0.3 is 14.8 Å². The highest BCUT2D eigenvalue weighted by Gasteiger charge is 2.37. The second-order valence-electron chi connectivity index (χ2n) is 3.32. The van der Waals surface area contributed by atoms with Gasteiger partial charge in [0.25, 0.3) is 0 Å². The third-order valence-corrected chi connectivity index (χ3v) is 2.54. The van der Waals surface area contributed by atoms with Crippen LogP contribution in [0.4, 0.5) is 0 Å². The van der Waals surface area contributed by atoms with Crippen LogP contribution in [0.25, 0.3) is 0 Å². The van der Waals surface area contributed by atoms with Crippen LogP contribution in [0.2, 0.25) is 0 Å². The number of hydrogen-bond donors (Lipinski definition) is 1. The topological polar surface area (TPSA) is 30.5 Å². The van der Waals surface area contributed by atoms with Crippen LogP contribution < -0.4 is 5.32 Å². The van der Waals surface area contributed by atoms with E-state index in [1.54, 1.807) is 0 Å². The highest BCUT2D eigenvalue weighted by Crippen LogP contribution is 2.29. The van der Waals surface area contributed by atoms with Gasteiger partial charge in [0, 0.05) is 32.5 Å². The van der Waals surface area contributed by atoms with Crippen molar-refractivity contribution in [3.63, 3.8) is 0 Å². The van der Waals surface area contributed by atoms with Crippen LogP contribution in [0.15, 0.2) is 0 Å². The molecule has 3 nitrogen and oxygen atoms in total. The molecule has 0 amide bonds. The molecule has 2 heterocycles. The van der Waals surface area contributed by atoms with Gasteiger partial charge in [-0.2, -0.15) is 0 Å². The summed E-state index contributed by atoms with van der Waals surface area (Å²) in [5.41, 5.74) is 0.139. The summed E-state index contributed by atoms with van der Waals surface area (Å²) in [6, 6.07) is 0. The maximum Gasteiger partial charge on any atom is 0.0850 e. The van der Waals surface area contributed by atoms with Gasteiger partial charge in [-0.05, 0) is 0 Å². The Balaban J connectivity index is 1.86. The standard InChI is InChI=1S/C8H15NO2/c1-4-10-6-3-9-7-8(1)2-5-11-8/h9H,1-7H2. The number of nitrogens with one attached hydrogen (secondary N) is 1. The second kappa shape index (κ2) is 3.09. The molecule has 2 saturated heterocycles. The van der Waals surface area contributed by atoms with Crippen molar-refractivity contribution in [3.8, 4) is 0 Å². The Kier molecular flexibility index (Phi) is 2.11. The van der Waals surface area contributed by atoms with Gasteiger partial charge in [-0.3, -0.25) is 0 Å². The summed E-state index contributed by atoms with van der Waals surface area (Å²) in [6.45, 7) is 4.61. The normalized spacial score (nSPS) is 39.3. The molecular weight excluding hydrogens is 142 g/mol. The molecule has 0 aromatic carbocycles. The van der Waals surface area contributed by atoms with Crippen LogP contribution >= 0.6 is 0 Å². The highest BCUT2D eigenvalue weighted by atomic mass is 16.5. The Hall–Kier alpha value is -0.120. The summed E-state index contributed by atoms with van der Waals surface area (Å²) in [7, 11) is 0. The number of hydrogen-bond acceptors (Lipinski definition) is 3. The van der Waals surface area contributed by atoms with E-state index in [2.05, 4.69) is 5.32 Å². The van der Waals surface area contributed by atoms with E-state index in [9.17, 15) is 0 Å². The van der Waals surface area contributed by atoms with Crippen LogP contribution in [0, 0.1) is 0 Å². The van der Waals surface area contributed by atoms with E-state index in [1.165, 1.54) is 6.42 Å². The molecule has 0 saturated carbocycles. The van der Waals surface area contributed by atoms with Crippen LogP contribution in [-0.4, -0.2) is 38.5 Å².